The predicted molar refractivity (Wildman–Crippen MR) is 82.7 cm³/mol. The van der Waals surface area contributed by atoms with Gasteiger partial charge in [0.15, 0.2) is 0 Å². The van der Waals surface area contributed by atoms with Gasteiger partial charge in [0.25, 0.3) is 0 Å². The highest BCUT2D eigenvalue weighted by atomic mass is 79.9. The molecule has 0 bridgehead atoms. The highest BCUT2D eigenvalue weighted by molar-refractivity contribution is 9.10. The lowest BCUT2D eigenvalue weighted by Crippen LogP contribution is -2.15. The first-order valence-corrected chi connectivity index (χ1v) is 7.03. The van der Waals surface area contributed by atoms with Crippen molar-refractivity contribution in [3.8, 4) is 0 Å². The number of anilines is 1. The molecule has 19 heavy (non-hydrogen) atoms. The van der Waals surface area contributed by atoms with Gasteiger partial charge in [0.2, 0.25) is 5.91 Å². The van der Waals surface area contributed by atoms with E-state index < -0.39 is 0 Å². The number of hydrogen-bond donors (Lipinski definition) is 1. The van der Waals surface area contributed by atoms with Crippen molar-refractivity contribution in [1.29, 1.82) is 0 Å². The van der Waals surface area contributed by atoms with Crippen LogP contribution in [0.1, 0.15) is 11.1 Å². The Morgan fingerprint density at radius 2 is 2.00 bits per heavy atom. The van der Waals surface area contributed by atoms with Crippen LogP contribution in [-0.2, 0) is 11.2 Å². The minimum Gasteiger partial charge on any atom is -0.326 e. The van der Waals surface area contributed by atoms with Gasteiger partial charge in [0, 0.05) is 15.2 Å². The maximum Gasteiger partial charge on any atom is 0.228 e. The molecule has 0 unspecified atom stereocenters. The highest BCUT2D eigenvalue weighted by Gasteiger charge is 2.08. The van der Waals surface area contributed by atoms with E-state index >= 15 is 0 Å². The Balaban J connectivity index is 2.10. The summed E-state index contributed by atoms with van der Waals surface area (Å²) in [6.45, 7) is 1.93. The summed E-state index contributed by atoms with van der Waals surface area (Å²) in [4.78, 5) is 12.0. The molecule has 4 heteroatoms. The number of carbonyl (C=O) groups is 1. The van der Waals surface area contributed by atoms with Crippen LogP contribution in [0.15, 0.2) is 46.9 Å². The van der Waals surface area contributed by atoms with Crippen LogP contribution in [0.3, 0.4) is 0 Å². The van der Waals surface area contributed by atoms with Gasteiger partial charge in [-0.1, -0.05) is 51.8 Å². The Morgan fingerprint density at radius 1 is 1.26 bits per heavy atom. The summed E-state index contributed by atoms with van der Waals surface area (Å²) in [6, 6.07) is 13.1. The maximum atomic E-state index is 12.0. The summed E-state index contributed by atoms with van der Waals surface area (Å²) >= 11 is 9.36. The first kappa shape index (κ1) is 14.1. The van der Waals surface area contributed by atoms with E-state index in [0.29, 0.717) is 11.4 Å². The molecule has 2 aromatic carbocycles. The molecular formula is C15H13BrClNO. The number of aryl methyl sites for hydroxylation is 1. The molecule has 0 aromatic heterocycles. The quantitative estimate of drug-likeness (QED) is 0.871. The van der Waals surface area contributed by atoms with Gasteiger partial charge in [-0.3, -0.25) is 4.79 Å². The molecule has 0 aliphatic rings. The molecule has 2 rings (SSSR count). The van der Waals surface area contributed by atoms with Crippen LogP contribution in [0, 0.1) is 6.92 Å². The Morgan fingerprint density at radius 3 is 2.74 bits per heavy atom. The average molecular weight is 339 g/mol. The number of carbonyl (C=O) groups excluding carboxylic acids is 1. The van der Waals surface area contributed by atoms with Crippen molar-refractivity contribution in [3.63, 3.8) is 0 Å². The maximum absolute atomic E-state index is 12.0. The van der Waals surface area contributed by atoms with Gasteiger partial charge in [-0.15, -0.1) is 0 Å². The Hall–Kier alpha value is -1.32. The van der Waals surface area contributed by atoms with Gasteiger partial charge in [-0.05, 0) is 36.2 Å². The molecule has 0 aliphatic carbocycles. The zero-order valence-electron chi connectivity index (χ0n) is 10.4. The lowest BCUT2D eigenvalue weighted by Gasteiger charge is -2.09. The normalized spacial score (nSPS) is 10.3. The van der Waals surface area contributed by atoms with Crippen molar-refractivity contribution in [3.05, 3.63) is 63.1 Å². The first-order valence-electron chi connectivity index (χ1n) is 5.85. The van der Waals surface area contributed by atoms with Gasteiger partial charge in [0.05, 0.1) is 6.42 Å². The summed E-state index contributed by atoms with van der Waals surface area (Å²) in [5, 5.41) is 3.50. The molecular weight excluding hydrogens is 326 g/mol. The van der Waals surface area contributed by atoms with E-state index in [0.717, 1.165) is 21.3 Å². The van der Waals surface area contributed by atoms with Crippen molar-refractivity contribution in [2.45, 2.75) is 13.3 Å². The second-order valence-corrected chi connectivity index (χ2v) is 5.57. The fourth-order valence-electron chi connectivity index (χ4n) is 1.74. The van der Waals surface area contributed by atoms with E-state index in [1.165, 1.54) is 0 Å². The topological polar surface area (TPSA) is 29.1 Å². The monoisotopic (exact) mass is 337 g/mol. The molecule has 2 nitrogen and oxygen atoms in total. The van der Waals surface area contributed by atoms with E-state index in [4.69, 9.17) is 11.6 Å². The summed E-state index contributed by atoms with van der Waals surface area (Å²) in [5.41, 5.74) is 2.70. The van der Waals surface area contributed by atoms with E-state index in [-0.39, 0.29) is 5.91 Å². The number of hydrogen-bond acceptors (Lipinski definition) is 1. The zero-order valence-corrected chi connectivity index (χ0v) is 12.8. The number of benzene rings is 2. The van der Waals surface area contributed by atoms with Gasteiger partial charge in [-0.2, -0.15) is 0 Å². The summed E-state index contributed by atoms with van der Waals surface area (Å²) in [5.74, 6) is -0.0581. The molecule has 0 saturated carbocycles. The Labute approximate surface area is 125 Å². The fraction of sp³-hybridized carbons (Fsp3) is 0.133. The Bertz CT molecular complexity index is 613. The van der Waals surface area contributed by atoms with Crippen molar-refractivity contribution in [2.24, 2.45) is 0 Å². The van der Waals surface area contributed by atoms with Crippen LogP contribution in [0.2, 0.25) is 5.02 Å². The van der Waals surface area contributed by atoms with Crippen LogP contribution in [-0.4, -0.2) is 5.91 Å². The molecule has 1 amide bonds. The lowest BCUT2D eigenvalue weighted by atomic mass is 10.1. The predicted octanol–water partition coefficient (Wildman–Crippen LogP) is 4.59. The van der Waals surface area contributed by atoms with Gasteiger partial charge in [0.1, 0.15) is 0 Å². The summed E-state index contributed by atoms with van der Waals surface area (Å²) in [7, 11) is 0. The minimum atomic E-state index is -0.0581. The molecule has 0 atom stereocenters. The van der Waals surface area contributed by atoms with Gasteiger partial charge >= 0.3 is 0 Å². The fourth-order valence-corrected chi connectivity index (χ4v) is 2.34. The van der Waals surface area contributed by atoms with Gasteiger partial charge < -0.3 is 5.32 Å². The van der Waals surface area contributed by atoms with Crippen LogP contribution in [0.25, 0.3) is 0 Å². The van der Waals surface area contributed by atoms with Crippen LogP contribution in [0.4, 0.5) is 5.69 Å². The number of halogens is 2. The first-order chi connectivity index (χ1) is 9.06. The molecule has 0 spiro atoms. The third-order valence-corrected chi connectivity index (χ3v) is 3.79. The van der Waals surface area contributed by atoms with Gasteiger partial charge in [-0.25, -0.2) is 0 Å². The van der Waals surface area contributed by atoms with E-state index in [1.54, 1.807) is 12.1 Å². The third kappa shape index (κ3) is 3.82. The standard InChI is InChI=1S/C15H13BrClNO/c1-10-6-7-12(17)9-14(10)18-15(19)8-11-4-2-3-5-13(11)16/h2-7,9H,8H2,1H3,(H,18,19). The molecule has 1 N–H and O–H groups in total. The van der Waals surface area contributed by atoms with Crippen molar-refractivity contribution in [2.75, 3.05) is 5.32 Å². The molecule has 0 aliphatic heterocycles. The van der Waals surface area contributed by atoms with Crippen LogP contribution < -0.4 is 5.32 Å². The largest absolute Gasteiger partial charge is 0.326 e. The minimum absolute atomic E-state index is 0.0581. The molecule has 0 saturated heterocycles. The second-order valence-electron chi connectivity index (χ2n) is 4.28. The lowest BCUT2D eigenvalue weighted by molar-refractivity contribution is -0.115. The van der Waals surface area contributed by atoms with E-state index in [9.17, 15) is 4.79 Å². The number of nitrogens with one attached hydrogen (secondary N) is 1. The summed E-state index contributed by atoms with van der Waals surface area (Å²) in [6.07, 6.45) is 0.327. The number of rotatable bonds is 3. The molecule has 2 aromatic rings. The molecule has 98 valence electrons. The van der Waals surface area contributed by atoms with Crippen molar-refractivity contribution >= 4 is 39.1 Å². The average Bonchev–Trinajstić information content (AvgIpc) is 2.37. The zero-order chi connectivity index (χ0) is 13.8. The molecule has 0 radical (unpaired) electrons. The van der Waals surface area contributed by atoms with Crippen LogP contribution in [0.5, 0.6) is 0 Å². The Kier molecular flexibility index (Phi) is 4.61. The second kappa shape index (κ2) is 6.22. The van der Waals surface area contributed by atoms with Crippen molar-refractivity contribution in [1.82, 2.24) is 0 Å². The van der Waals surface area contributed by atoms with E-state index in [2.05, 4.69) is 21.2 Å². The van der Waals surface area contributed by atoms with Crippen LogP contribution >= 0.6 is 27.5 Å². The highest BCUT2D eigenvalue weighted by Crippen LogP contribution is 2.21. The molecule has 0 fully saturated rings. The third-order valence-electron chi connectivity index (χ3n) is 2.78. The SMILES string of the molecule is Cc1ccc(Cl)cc1NC(=O)Cc1ccccc1Br. The molecule has 0 heterocycles. The summed E-state index contributed by atoms with van der Waals surface area (Å²) < 4.78 is 0.938. The smallest absolute Gasteiger partial charge is 0.228 e. The van der Waals surface area contributed by atoms with Crippen molar-refractivity contribution < 1.29 is 4.79 Å². The van der Waals surface area contributed by atoms with E-state index in [1.807, 2.05) is 37.3 Å². The number of amides is 1.